The van der Waals surface area contributed by atoms with Gasteiger partial charge in [0.15, 0.2) is 0 Å². The van der Waals surface area contributed by atoms with Crippen LogP contribution in [0.15, 0.2) is 0 Å². The maximum absolute atomic E-state index is 4.92. The van der Waals surface area contributed by atoms with Gasteiger partial charge >= 0.3 is 0 Å². The van der Waals surface area contributed by atoms with Crippen LogP contribution in [0.2, 0.25) is 0 Å². The highest BCUT2D eigenvalue weighted by atomic mass is 15.3. The molecule has 0 radical (unpaired) electrons. The molecule has 140 valence electrons. The van der Waals surface area contributed by atoms with E-state index >= 15 is 0 Å². The monoisotopic (exact) mass is 354 g/mol. The van der Waals surface area contributed by atoms with Gasteiger partial charge in [-0.15, -0.1) is 0 Å². The third kappa shape index (κ3) is 3.47. The summed E-state index contributed by atoms with van der Waals surface area (Å²) in [6, 6.07) is 0. The number of aryl methyl sites for hydroxylation is 2. The molecule has 0 atom stereocenters. The molecule has 2 aromatic heterocycles. The van der Waals surface area contributed by atoms with Gasteiger partial charge in [0.05, 0.1) is 11.4 Å². The number of nitrogens with one attached hydrogen (secondary N) is 2. The second-order valence-electron chi connectivity index (χ2n) is 7.52. The Labute approximate surface area is 155 Å². The van der Waals surface area contributed by atoms with Crippen LogP contribution in [0.4, 0.5) is 5.82 Å². The van der Waals surface area contributed by atoms with Crippen LogP contribution in [0.3, 0.4) is 0 Å². The maximum atomic E-state index is 4.92. The number of nitrogens with zero attached hydrogens (tertiary/aromatic N) is 4. The Bertz CT molecular complexity index is 790. The molecule has 0 aromatic carbocycles. The third-order valence-corrected chi connectivity index (χ3v) is 5.64. The van der Waals surface area contributed by atoms with Crippen molar-refractivity contribution in [1.29, 1.82) is 0 Å². The minimum absolute atomic E-state index is 0.587. The van der Waals surface area contributed by atoms with E-state index in [1.54, 1.807) is 0 Å². The topological polar surface area (TPSA) is 67.7 Å². The first-order chi connectivity index (χ1) is 12.7. The van der Waals surface area contributed by atoms with Crippen molar-refractivity contribution < 1.29 is 0 Å². The van der Waals surface area contributed by atoms with Gasteiger partial charge < -0.3 is 10.6 Å². The average Bonchev–Trinajstić information content (AvgIpc) is 3.46. The molecule has 6 nitrogen and oxygen atoms in total. The molecule has 0 bridgehead atoms. The quantitative estimate of drug-likeness (QED) is 0.834. The zero-order valence-corrected chi connectivity index (χ0v) is 16.2. The summed E-state index contributed by atoms with van der Waals surface area (Å²) < 4.78 is 2.10. The molecule has 6 heteroatoms. The van der Waals surface area contributed by atoms with E-state index in [9.17, 15) is 0 Å². The van der Waals surface area contributed by atoms with Gasteiger partial charge in [0.25, 0.3) is 0 Å². The fraction of sp³-hybridized carbons (Fsp3) is 0.650. The van der Waals surface area contributed by atoms with Gasteiger partial charge in [-0.3, -0.25) is 4.68 Å². The van der Waals surface area contributed by atoms with Crippen molar-refractivity contribution in [2.24, 2.45) is 0 Å². The van der Waals surface area contributed by atoms with Crippen molar-refractivity contribution in [3.05, 3.63) is 34.0 Å². The van der Waals surface area contributed by atoms with Gasteiger partial charge in [-0.2, -0.15) is 5.10 Å². The SMILES string of the molecule is CCn1nc(C)c(CCNc2nc(C3CC3)nc3c2CCNCC3)c1C. The van der Waals surface area contributed by atoms with E-state index in [1.807, 2.05) is 0 Å². The Morgan fingerprint density at radius 2 is 1.96 bits per heavy atom. The Morgan fingerprint density at radius 1 is 1.15 bits per heavy atom. The molecule has 0 spiro atoms. The summed E-state index contributed by atoms with van der Waals surface area (Å²) in [4.78, 5) is 9.82. The van der Waals surface area contributed by atoms with Crippen molar-refractivity contribution in [3.8, 4) is 0 Å². The molecule has 26 heavy (non-hydrogen) atoms. The van der Waals surface area contributed by atoms with E-state index in [1.165, 1.54) is 35.4 Å². The second kappa shape index (κ2) is 7.35. The molecule has 1 aliphatic heterocycles. The van der Waals surface area contributed by atoms with Gasteiger partial charge in [-0.05, 0) is 58.6 Å². The molecular weight excluding hydrogens is 324 g/mol. The molecule has 1 aliphatic carbocycles. The number of hydrogen-bond acceptors (Lipinski definition) is 5. The normalized spacial score (nSPS) is 17.0. The molecule has 1 fully saturated rings. The van der Waals surface area contributed by atoms with Crippen molar-refractivity contribution in [2.75, 3.05) is 25.0 Å². The summed E-state index contributed by atoms with van der Waals surface area (Å²) in [7, 11) is 0. The largest absolute Gasteiger partial charge is 0.369 e. The Balaban J connectivity index is 1.52. The van der Waals surface area contributed by atoms with Gasteiger partial charge in [0.2, 0.25) is 0 Å². The lowest BCUT2D eigenvalue weighted by Gasteiger charge is -2.15. The number of aromatic nitrogens is 4. The third-order valence-electron chi connectivity index (χ3n) is 5.64. The fourth-order valence-corrected chi connectivity index (χ4v) is 3.94. The first-order valence-corrected chi connectivity index (χ1v) is 10.0. The molecule has 0 saturated heterocycles. The van der Waals surface area contributed by atoms with Gasteiger partial charge in [-0.1, -0.05) is 0 Å². The maximum Gasteiger partial charge on any atom is 0.134 e. The van der Waals surface area contributed by atoms with Crippen LogP contribution in [-0.2, 0) is 25.8 Å². The molecule has 3 heterocycles. The summed E-state index contributed by atoms with van der Waals surface area (Å²) in [5, 5.41) is 11.8. The highest BCUT2D eigenvalue weighted by Crippen LogP contribution is 2.39. The molecular formula is C20H30N6. The fourth-order valence-electron chi connectivity index (χ4n) is 3.94. The van der Waals surface area contributed by atoms with Crippen molar-refractivity contribution >= 4 is 5.82 Å². The van der Waals surface area contributed by atoms with E-state index in [2.05, 4.69) is 41.2 Å². The van der Waals surface area contributed by atoms with Gasteiger partial charge in [0, 0.05) is 43.2 Å². The lowest BCUT2D eigenvalue weighted by Crippen LogP contribution is -2.16. The molecule has 0 amide bonds. The predicted molar refractivity (Wildman–Crippen MR) is 104 cm³/mol. The number of rotatable bonds is 6. The summed E-state index contributed by atoms with van der Waals surface area (Å²) in [6.45, 7) is 10.3. The number of fused-ring (bicyclic) bond motifs is 1. The molecule has 2 N–H and O–H groups in total. The molecule has 0 unspecified atom stereocenters. The standard InChI is InChI=1S/C20H30N6/c1-4-26-14(3)16(13(2)25-26)8-12-22-20-17-7-10-21-11-9-18(17)23-19(24-20)15-5-6-15/h15,21H,4-12H2,1-3H3,(H,22,23,24). The first-order valence-electron chi connectivity index (χ1n) is 10.0. The second-order valence-corrected chi connectivity index (χ2v) is 7.52. The highest BCUT2D eigenvalue weighted by Gasteiger charge is 2.29. The van der Waals surface area contributed by atoms with Gasteiger partial charge in [-0.25, -0.2) is 9.97 Å². The minimum Gasteiger partial charge on any atom is -0.369 e. The van der Waals surface area contributed by atoms with Crippen LogP contribution < -0.4 is 10.6 Å². The van der Waals surface area contributed by atoms with E-state index in [0.29, 0.717) is 5.92 Å². The number of hydrogen-bond donors (Lipinski definition) is 2. The summed E-state index contributed by atoms with van der Waals surface area (Å²) >= 11 is 0. The van der Waals surface area contributed by atoms with Crippen molar-refractivity contribution in [2.45, 2.75) is 65.3 Å². The predicted octanol–water partition coefficient (Wildman–Crippen LogP) is 2.53. The minimum atomic E-state index is 0.587. The molecule has 4 rings (SSSR count). The molecule has 1 saturated carbocycles. The zero-order valence-electron chi connectivity index (χ0n) is 16.2. The van der Waals surface area contributed by atoms with Crippen LogP contribution >= 0.6 is 0 Å². The van der Waals surface area contributed by atoms with Crippen molar-refractivity contribution in [1.82, 2.24) is 25.1 Å². The average molecular weight is 355 g/mol. The highest BCUT2D eigenvalue weighted by molar-refractivity contribution is 5.48. The van der Waals surface area contributed by atoms with Crippen LogP contribution in [0.5, 0.6) is 0 Å². The van der Waals surface area contributed by atoms with Crippen LogP contribution in [0.25, 0.3) is 0 Å². The van der Waals surface area contributed by atoms with Crippen molar-refractivity contribution in [3.63, 3.8) is 0 Å². The van der Waals surface area contributed by atoms with Gasteiger partial charge in [0.1, 0.15) is 11.6 Å². The Morgan fingerprint density at radius 3 is 2.69 bits per heavy atom. The number of anilines is 1. The summed E-state index contributed by atoms with van der Waals surface area (Å²) in [5.74, 6) is 2.71. The van der Waals surface area contributed by atoms with Crippen LogP contribution in [0, 0.1) is 13.8 Å². The van der Waals surface area contributed by atoms with E-state index < -0.39 is 0 Å². The first kappa shape index (κ1) is 17.5. The smallest absolute Gasteiger partial charge is 0.134 e. The summed E-state index contributed by atoms with van der Waals surface area (Å²) in [6.07, 6.45) is 5.48. The van der Waals surface area contributed by atoms with E-state index in [4.69, 9.17) is 9.97 Å². The van der Waals surface area contributed by atoms with Crippen LogP contribution in [-0.4, -0.2) is 39.4 Å². The van der Waals surface area contributed by atoms with E-state index in [0.717, 1.165) is 62.8 Å². The summed E-state index contributed by atoms with van der Waals surface area (Å²) in [5.41, 5.74) is 6.37. The zero-order chi connectivity index (χ0) is 18.1. The molecule has 2 aromatic rings. The lowest BCUT2D eigenvalue weighted by molar-refractivity contribution is 0.633. The molecule has 2 aliphatic rings. The Hall–Kier alpha value is -1.95. The lowest BCUT2D eigenvalue weighted by atomic mass is 10.1. The van der Waals surface area contributed by atoms with E-state index in [-0.39, 0.29) is 0 Å². The van der Waals surface area contributed by atoms with Crippen LogP contribution in [0.1, 0.15) is 59.7 Å². The Kier molecular flexibility index (Phi) is 4.94.